The van der Waals surface area contributed by atoms with Crippen LogP contribution in [0.15, 0.2) is 18.3 Å². The molecule has 1 fully saturated rings. The largest absolute Gasteiger partial charge is 0.481 e. The van der Waals surface area contributed by atoms with E-state index in [2.05, 4.69) is 16.8 Å². The van der Waals surface area contributed by atoms with Crippen LogP contribution in [0.3, 0.4) is 0 Å². The van der Waals surface area contributed by atoms with Crippen molar-refractivity contribution >= 4 is 17.7 Å². The molecule has 1 saturated heterocycles. The van der Waals surface area contributed by atoms with E-state index in [0.29, 0.717) is 0 Å². The predicted octanol–water partition coefficient (Wildman–Crippen LogP) is 2.56. The van der Waals surface area contributed by atoms with Crippen molar-refractivity contribution in [2.75, 3.05) is 18.1 Å². The van der Waals surface area contributed by atoms with E-state index in [4.69, 9.17) is 5.11 Å². The van der Waals surface area contributed by atoms with Gasteiger partial charge in [0.2, 0.25) is 0 Å². The first-order chi connectivity index (χ1) is 9.61. The van der Waals surface area contributed by atoms with E-state index in [1.165, 1.54) is 12.3 Å². The minimum atomic E-state index is -0.774. The van der Waals surface area contributed by atoms with Gasteiger partial charge in [-0.05, 0) is 18.6 Å². The normalized spacial score (nSPS) is 21.6. The molecule has 0 spiro atoms. The zero-order valence-corrected chi connectivity index (χ0v) is 12.3. The number of carbonyl (C=O) groups is 1. The number of carboxylic acid groups (broad SMARTS) is 1. The third-order valence-corrected chi connectivity index (χ3v) is 4.65. The summed E-state index contributed by atoms with van der Waals surface area (Å²) in [6.07, 6.45) is 2.20. The summed E-state index contributed by atoms with van der Waals surface area (Å²) in [5, 5.41) is 9.04. The minimum Gasteiger partial charge on any atom is -0.481 e. The third-order valence-electron chi connectivity index (χ3n) is 3.56. The molecule has 110 valence electrons. The number of pyridine rings is 1. The molecule has 0 saturated carbocycles. The Hall–Kier alpha value is -1.14. The third kappa shape index (κ3) is 3.70. The molecular weight excluding hydrogens is 279 g/mol. The summed E-state index contributed by atoms with van der Waals surface area (Å²) >= 11 is 1.79. The number of hydrogen-bond donors (Lipinski definition) is 1. The predicted molar refractivity (Wildman–Crippen MR) is 77.3 cm³/mol. The lowest BCUT2D eigenvalue weighted by Crippen LogP contribution is -2.45. The molecule has 0 radical (unpaired) electrons. The smallest absolute Gasteiger partial charge is 0.304 e. The monoisotopic (exact) mass is 298 g/mol. The van der Waals surface area contributed by atoms with Crippen LogP contribution >= 0.6 is 11.8 Å². The molecule has 1 aliphatic rings. The fourth-order valence-corrected chi connectivity index (χ4v) is 3.74. The lowest BCUT2D eigenvalue weighted by atomic mass is 10.0. The summed E-state index contributed by atoms with van der Waals surface area (Å²) in [6, 6.07) is 3.18. The average molecular weight is 298 g/mol. The maximum absolute atomic E-state index is 13.0. The van der Waals surface area contributed by atoms with Gasteiger partial charge in [0, 0.05) is 24.1 Å². The molecule has 6 heteroatoms. The Balaban J connectivity index is 2.19. The van der Waals surface area contributed by atoms with Gasteiger partial charge in [-0.1, -0.05) is 6.92 Å². The number of rotatable bonds is 5. The summed E-state index contributed by atoms with van der Waals surface area (Å²) in [4.78, 5) is 17.4. The van der Waals surface area contributed by atoms with Gasteiger partial charge in [0.1, 0.15) is 5.82 Å². The highest BCUT2D eigenvalue weighted by Gasteiger charge is 2.31. The van der Waals surface area contributed by atoms with Crippen molar-refractivity contribution < 1.29 is 14.3 Å². The Morgan fingerprint density at radius 2 is 2.45 bits per heavy atom. The summed E-state index contributed by atoms with van der Waals surface area (Å²) in [7, 11) is 0. The van der Waals surface area contributed by atoms with Gasteiger partial charge >= 0.3 is 5.97 Å². The Bertz CT molecular complexity index is 455. The first-order valence-electron chi connectivity index (χ1n) is 6.78. The molecule has 20 heavy (non-hydrogen) atoms. The molecule has 4 nitrogen and oxygen atoms in total. The highest BCUT2D eigenvalue weighted by molar-refractivity contribution is 7.99. The molecular formula is C14H19FN2O2S. The van der Waals surface area contributed by atoms with Gasteiger partial charge in [0.15, 0.2) is 0 Å². The van der Waals surface area contributed by atoms with E-state index < -0.39 is 5.97 Å². The van der Waals surface area contributed by atoms with Crippen molar-refractivity contribution in [2.24, 2.45) is 0 Å². The molecule has 2 unspecified atom stereocenters. The van der Waals surface area contributed by atoms with E-state index >= 15 is 0 Å². The van der Waals surface area contributed by atoms with E-state index in [1.807, 2.05) is 0 Å². The molecule has 0 aromatic carbocycles. The van der Waals surface area contributed by atoms with E-state index in [9.17, 15) is 9.18 Å². The summed E-state index contributed by atoms with van der Waals surface area (Å²) < 4.78 is 13.0. The van der Waals surface area contributed by atoms with Gasteiger partial charge in [0.05, 0.1) is 24.4 Å². The lowest BCUT2D eigenvalue weighted by molar-refractivity contribution is -0.138. The zero-order valence-electron chi connectivity index (χ0n) is 11.5. The van der Waals surface area contributed by atoms with Crippen molar-refractivity contribution in [2.45, 2.75) is 31.8 Å². The molecule has 0 aliphatic carbocycles. The van der Waals surface area contributed by atoms with Gasteiger partial charge in [-0.15, -0.1) is 0 Å². The van der Waals surface area contributed by atoms with Crippen LogP contribution in [0.2, 0.25) is 0 Å². The molecule has 0 amide bonds. The fraction of sp³-hybridized carbons (Fsp3) is 0.571. The zero-order chi connectivity index (χ0) is 14.5. The Morgan fingerprint density at radius 1 is 1.65 bits per heavy atom. The molecule has 1 N–H and O–H groups in total. The molecule has 0 bridgehead atoms. The number of hydrogen-bond acceptors (Lipinski definition) is 4. The maximum Gasteiger partial charge on any atom is 0.304 e. The second kappa shape index (κ2) is 7.04. The Morgan fingerprint density at radius 3 is 3.05 bits per heavy atom. The SMILES string of the molecule is CCC(c1ccc(F)cn1)N1CCSCC1CC(=O)O. The first kappa shape index (κ1) is 15.3. The van der Waals surface area contributed by atoms with Crippen molar-refractivity contribution in [3.8, 4) is 0 Å². The second-order valence-corrected chi connectivity index (χ2v) is 6.04. The number of thioether (sulfide) groups is 1. The lowest BCUT2D eigenvalue weighted by Gasteiger charge is -2.39. The number of nitrogens with zero attached hydrogens (tertiary/aromatic N) is 2. The minimum absolute atomic E-state index is 0.0167. The van der Waals surface area contributed by atoms with Crippen molar-refractivity contribution in [1.29, 1.82) is 0 Å². The molecule has 2 atom stereocenters. The standard InChI is InChI=1S/C14H19FN2O2S/c1-2-13(12-4-3-10(15)8-16-12)17-5-6-20-9-11(17)7-14(18)19/h3-4,8,11,13H,2,5-7,9H2,1H3,(H,18,19). The number of aliphatic carboxylic acids is 1. The molecule has 1 aliphatic heterocycles. The summed E-state index contributed by atoms with van der Waals surface area (Å²) in [6.45, 7) is 2.90. The molecule has 2 rings (SSSR count). The Labute approximate surface area is 122 Å². The van der Waals surface area contributed by atoms with Crippen LogP contribution in [-0.4, -0.2) is 45.1 Å². The highest BCUT2D eigenvalue weighted by Crippen LogP contribution is 2.30. The van der Waals surface area contributed by atoms with Crippen LogP contribution in [0.1, 0.15) is 31.5 Å². The average Bonchev–Trinajstić information content (AvgIpc) is 2.43. The highest BCUT2D eigenvalue weighted by atomic mass is 32.2. The summed E-state index contributed by atoms with van der Waals surface area (Å²) in [5.41, 5.74) is 0.816. The van der Waals surface area contributed by atoms with Crippen LogP contribution in [-0.2, 0) is 4.79 Å². The van der Waals surface area contributed by atoms with E-state index in [0.717, 1.165) is 30.2 Å². The van der Waals surface area contributed by atoms with Gasteiger partial charge in [-0.3, -0.25) is 14.7 Å². The van der Waals surface area contributed by atoms with E-state index in [-0.39, 0.29) is 24.3 Å². The molecule has 2 heterocycles. The summed E-state index contributed by atoms with van der Waals surface area (Å²) in [5.74, 6) is 0.696. The molecule has 1 aromatic rings. The van der Waals surface area contributed by atoms with Crippen LogP contribution in [0, 0.1) is 5.82 Å². The number of aromatic nitrogens is 1. The van der Waals surface area contributed by atoms with Crippen molar-refractivity contribution in [3.05, 3.63) is 29.8 Å². The van der Waals surface area contributed by atoms with Crippen molar-refractivity contribution in [1.82, 2.24) is 9.88 Å². The van der Waals surface area contributed by atoms with Gasteiger partial charge < -0.3 is 5.11 Å². The topological polar surface area (TPSA) is 53.4 Å². The van der Waals surface area contributed by atoms with Crippen LogP contribution in [0.4, 0.5) is 4.39 Å². The number of carboxylic acids is 1. The van der Waals surface area contributed by atoms with Gasteiger partial charge in [-0.25, -0.2) is 4.39 Å². The van der Waals surface area contributed by atoms with Gasteiger partial charge in [-0.2, -0.15) is 11.8 Å². The second-order valence-electron chi connectivity index (χ2n) is 4.89. The fourth-order valence-electron chi connectivity index (χ4n) is 2.65. The molecule has 1 aromatic heterocycles. The van der Waals surface area contributed by atoms with Crippen LogP contribution in [0.25, 0.3) is 0 Å². The van der Waals surface area contributed by atoms with E-state index in [1.54, 1.807) is 17.8 Å². The van der Waals surface area contributed by atoms with Gasteiger partial charge in [0.25, 0.3) is 0 Å². The quantitative estimate of drug-likeness (QED) is 0.905. The maximum atomic E-state index is 13.0. The Kier molecular flexibility index (Phi) is 5.37. The van der Waals surface area contributed by atoms with Crippen molar-refractivity contribution in [3.63, 3.8) is 0 Å². The van der Waals surface area contributed by atoms with Crippen LogP contribution < -0.4 is 0 Å². The van der Waals surface area contributed by atoms with Crippen LogP contribution in [0.5, 0.6) is 0 Å². The number of halogens is 1. The first-order valence-corrected chi connectivity index (χ1v) is 7.94.